The predicted molar refractivity (Wildman–Crippen MR) is 348 cm³/mol. The Balaban J connectivity index is 4.48. The monoisotopic (exact) mass is 1100 g/mol. The lowest BCUT2D eigenvalue weighted by molar-refractivity contribution is -0.167. The number of unbranched alkanes of at least 4 members (excludes halogenated alkanes) is 20. The molecule has 0 rings (SSSR count). The normalized spacial score (nSPS) is 13.2. The molecule has 0 fully saturated rings. The van der Waals surface area contributed by atoms with Gasteiger partial charge in [0.1, 0.15) is 13.2 Å². The van der Waals surface area contributed by atoms with E-state index in [-0.39, 0.29) is 31.1 Å². The fourth-order valence-corrected chi connectivity index (χ4v) is 8.44. The molecule has 80 heavy (non-hydrogen) atoms. The Bertz CT molecular complexity index is 1790. The van der Waals surface area contributed by atoms with Gasteiger partial charge in [-0.25, -0.2) is 0 Å². The van der Waals surface area contributed by atoms with Gasteiger partial charge in [-0.2, -0.15) is 0 Å². The Morgan fingerprint density at radius 1 is 0.263 bits per heavy atom. The van der Waals surface area contributed by atoms with Crippen LogP contribution in [0.2, 0.25) is 0 Å². The van der Waals surface area contributed by atoms with Crippen molar-refractivity contribution in [2.45, 2.75) is 277 Å². The fourth-order valence-electron chi connectivity index (χ4n) is 8.44. The van der Waals surface area contributed by atoms with E-state index in [1.54, 1.807) is 0 Å². The zero-order valence-corrected chi connectivity index (χ0v) is 51.5. The number of esters is 3. The smallest absolute Gasteiger partial charge is 0.306 e. The van der Waals surface area contributed by atoms with Gasteiger partial charge in [0.2, 0.25) is 0 Å². The molecular formula is C74H118O6. The van der Waals surface area contributed by atoms with E-state index in [1.165, 1.54) is 77.0 Å². The van der Waals surface area contributed by atoms with Gasteiger partial charge in [-0.15, -0.1) is 0 Å². The maximum absolute atomic E-state index is 12.9. The molecule has 1 atom stereocenters. The van der Waals surface area contributed by atoms with Crippen molar-refractivity contribution in [3.63, 3.8) is 0 Å². The summed E-state index contributed by atoms with van der Waals surface area (Å²) in [6.45, 7) is 6.35. The molecular weight excluding hydrogens is 985 g/mol. The lowest BCUT2D eigenvalue weighted by atomic mass is 10.1. The van der Waals surface area contributed by atoms with E-state index in [0.29, 0.717) is 25.7 Å². The number of carbonyl (C=O) groups is 3. The van der Waals surface area contributed by atoms with E-state index in [2.05, 4.69) is 179 Å². The summed E-state index contributed by atoms with van der Waals surface area (Å²) in [5.74, 6) is -0.969. The highest BCUT2D eigenvalue weighted by Gasteiger charge is 2.19. The van der Waals surface area contributed by atoms with Crippen LogP contribution >= 0.6 is 0 Å². The standard InChI is InChI=1S/C74H118O6/c1-4-7-10-13-16-19-22-25-28-30-32-34-35-36-37-38-39-41-42-44-46-49-52-55-58-61-64-67-73(76)79-70-71(69-78-72(75)66-63-60-57-54-51-48-27-24-21-18-15-12-9-6-3)80-74(77)68-65-62-59-56-53-50-47-45-43-40-33-31-29-26-23-20-17-14-11-8-5-2/h7-8,10-11,16-17,19-20,24-29,32-34,36-37,39-41,44,46,52,55,71H,4-6,9,12-15,18,21-23,30-31,35,38,42-43,45,47-51,53-54,56-70H2,1-3H3/b10-7-,11-8-,19-16-,20-17-,27-24-,28-25-,29-26-,34-32-,37-36-,40-33-,41-39-,46-44-,55-52-. The molecule has 0 aromatic carbocycles. The molecule has 0 aromatic rings. The lowest BCUT2D eigenvalue weighted by Crippen LogP contribution is -2.30. The number of ether oxygens (including phenoxy) is 3. The van der Waals surface area contributed by atoms with E-state index >= 15 is 0 Å². The summed E-state index contributed by atoms with van der Waals surface area (Å²) in [7, 11) is 0. The van der Waals surface area contributed by atoms with Crippen LogP contribution in [0.15, 0.2) is 158 Å². The Kier molecular flexibility index (Phi) is 62.4. The van der Waals surface area contributed by atoms with Gasteiger partial charge in [0.25, 0.3) is 0 Å². The van der Waals surface area contributed by atoms with Gasteiger partial charge in [-0.05, 0) is 148 Å². The molecule has 0 heterocycles. The van der Waals surface area contributed by atoms with Crippen LogP contribution in [0.3, 0.4) is 0 Å². The van der Waals surface area contributed by atoms with E-state index < -0.39 is 6.10 Å². The Labute approximate surface area is 492 Å². The summed E-state index contributed by atoms with van der Waals surface area (Å²) in [5.41, 5.74) is 0. The van der Waals surface area contributed by atoms with Crippen molar-refractivity contribution in [1.29, 1.82) is 0 Å². The van der Waals surface area contributed by atoms with Gasteiger partial charge in [0.05, 0.1) is 0 Å². The first-order valence-corrected chi connectivity index (χ1v) is 32.5. The van der Waals surface area contributed by atoms with Crippen LogP contribution < -0.4 is 0 Å². The van der Waals surface area contributed by atoms with Gasteiger partial charge in [0.15, 0.2) is 6.10 Å². The number of hydrogen-bond donors (Lipinski definition) is 0. The van der Waals surface area contributed by atoms with Crippen molar-refractivity contribution < 1.29 is 28.6 Å². The summed E-state index contributed by atoms with van der Waals surface area (Å²) in [6.07, 6.45) is 96.7. The molecule has 0 aromatic heterocycles. The molecule has 0 amide bonds. The van der Waals surface area contributed by atoms with E-state index in [1.807, 2.05) is 0 Å². The minimum absolute atomic E-state index is 0.105. The fraction of sp³-hybridized carbons (Fsp3) is 0.608. The minimum atomic E-state index is -0.813. The third-order valence-corrected chi connectivity index (χ3v) is 13.2. The second-order valence-corrected chi connectivity index (χ2v) is 20.9. The van der Waals surface area contributed by atoms with Crippen molar-refractivity contribution in [1.82, 2.24) is 0 Å². The number of allylic oxidation sites excluding steroid dienone is 26. The molecule has 0 spiro atoms. The van der Waals surface area contributed by atoms with Crippen LogP contribution in [0, 0.1) is 0 Å². The Morgan fingerprint density at radius 2 is 0.487 bits per heavy atom. The molecule has 6 nitrogen and oxygen atoms in total. The van der Waals surface area contributed by atoms with Crippen LogP contribution in [0.5, 0.6) is 0 Å². The minimum Gasteiger partial charge on any atom is -0.462 e. The number of carbonyl (C=O) groups excluding carboxylic acids is 3. The SMILES string of the molecule is CC/C=C\C/C=C\C/C=C\C/C=C\C/C=C\C/C=C\C/C=C\C/C=C\CCCCC(=O)OCC(COC(=O)CCCCCCC/C=C\CCCCCCC)OC(=O)CCCCCCCCCC/C=C\C/C=C\C/C=C\C/C=C\CC. The van der Waals surface area contributed by atoms with Gasteiger partial charge >= 0.3 is 17.9 Å². The Hall–Kier alpha value is -4.97. The highest BCUT2D eigenvalue weighted by molar-refractivity contribution is 5.71. The summed E-state index contributed by atoms with van der Waals surface area (Å²) >= 11 is 0. The maximum Gasteiger partial charge on any atom is 0.306 e. The largest absolute Gasteiger partial charge is 0.462 e. The van der Waals surface area contributed by atoms with E-state index in [9.17, 15) is 14.4 Å². The zero-order chi connectivity index (χ0) is 57.8. The Morgan fingerprint density at radius 3 is 0.800 bits per heavy atom. The van der Waals surface area contributed by atoms with Gasteiger partial charge in [-0.1, -0.05) is 262 Å². The first-order chi connectivity index (χ1) is 39.5. The van der Waals surface area contributed by atoms with Crippen LogP contribution in [0.4, 0.5) is 0 Å². The van der Waals surface area contributed by atoms with Crippen LogP contribution in [0.25, 0.3) is 0 Å². The summed E-state index contributed by atoms with van der Waals surface area (Å²) < 4.78 is 16.9. The van der Waals surface area contributed by atoms with Gasteiger partial charge in [0, 0.05) is 19.3 Å². The molecule has 0 bridgehead atoms. The molecule has 0 aliphatic rings. The topological polar surface area (TPSA) is 78.9 Å². The maximum atomic E-state index is 12.9. The van der Waals surface area contributed by atoms with E-state index in [0.717, 1.165) is 148 Å². The number of rotatable bonds is 57. The average molecular weight is 1100 g/mol. The summed E-state index contributed by atoms with van der Waals surface area (Å²) in [4.78, 5) is 38.3. The lowest BCUT2D eigenvalue weighted by Gasteiger charge is -2.18. The molecule has 0 saturated carbocycles. The molecule has 0 aliphatic heterocycles. The molecule has 0 radical (unpaired) electrons. The second kappa shape index (κ2) is 66.5. The van der Waals surface area contributed by atoms with Crippen molar-refractivity contribution in [3.8, 4) is 0 Å². The van der Waals surface area contributed by atoms with Gasteiger partial charge in [-0.3, -0.25) is 14.4 Å². The molecule has 6 heteroatoms. The highest BCUT2D eigenvalue weighted by atomic mass is 16.6. The predicted octanol–water partition coefficient (Wildman–Crippen LogP) is 22.5. The third-order valence-electron chi connectivity index (χ3n) is 13.2. The quantitative estimate of drug-likeness (QED) is 0.0261. The van der Waals surface area contributed by atoms with Crippen molar-refractivity contribution in [2.75, 3.05) is 13.2 Å². The molecule has 450 valence electrons. The second-order valence-electron chi connectivity index (χ2n) is 20.9. The molecule has 1 unspecified atom stereocenters. The van der Waals surface area contributed by atoms with Crippen molar-refractivity contribution in [3.05, 3.63) is 158 Å². The molecule has 0 saturated heterocycles. The average Bonchev–Trinajstić information content (AvgIpc) is 3.46. The summed E-state index contributed by atoms with van der Waals surface area (Å²) in [6, 6.07) is 0. The van der Waals surface area contributed by atoms with E-state index in [4.69, 9.17) is 14.2 Å². The van der Waals surface area contributed by atoms with Crippen molar-refractivity contribution in [2.24, 2.45) is 0 Å². The highest BCUT2D eigenvalue weighted by Crippen LogP contribution is 2.14. The van der Waals surface area contributed by atoms with Crippen LogP contribution in [-0.4, -0.2) is 37.2 Å². The van der Waals surface area contributed by atoms with Crippen molar-refractivity contribution >= 4 is 17.9 Å². The third kappa shape index (κ3) is 63.9. The first-order valence-electron chi connectivity index (χ1n) is 32.5. The number of hydrogen-bond acceptors (Lipinski definition) is 6. The van der Waals surface area contributed by atoms with Crippen LogP contribution in [0.1, 0.15) is 271 Å². The van der Waals surface area contributed by atoms with Gasteiger partial charge < -0.3 is 14.2 Å². The first kappa shape index (κ1) is 75.0. The molecule has 0 N–H and O–H groups in total. The molecule has 0 aliphatic carbocycles. The van der Waals surface area contributed by atoms with Crippen LogP contribution in [-0.2, 0) is 28.6 Å². The summed E-state index contributed by atoms with van der Waals surface area (Å²) in [5, 5.41) is 0. The zero-order valence-electron chi connectivity index (χ0n) is 51.5.